The van der Waals surface area contributed by atoms with E-state index in [2.05, 4.69) is 31.1 Å². The van der Waals surface area contributed by atoms with Gasteiger partial charge in [0.2, 0.25) is 5.91 Å². The Bertz CT molecular complexity index is 947. The lowest BCUT2D eigenvalue weighted by molar-refractivity contribution is -0.122. The molecule has 2 aromatic heterocycles. The summed E-state index contributed by atoms with van der Waals surface area (Å²) in [6.07, 6.45) is 9.85. The second-order valence-corrected chi connectivity index (χ2v) is 11.0. The molecule has 1 fully saturated rings. The molecular weight excluding hydrogens is 382 g/mol. The number of amides is 1. The van der Waals surface area contributed by atoms with Crippen LogP contribution in [0.15, 0.2) is 4.79 Å². The molecule has 0 saturated heterocycles. The summed E-state index contributed by atoms with van der Waals surface area (Å²) in [7, 11) is 0. The summed E-state index contributed by atoms with van der Waals surface area (Å²) in [4.78, 5) is 34.9. The van der Waals surface area contributed by atoms with Crippen molar-refractivity contribution in [2.24, 2.45) is 11.3 Å². The SMILES string of the molecule is CC(C)(C)[C@@H]1CCc2c(sc3nc(CCC(=O)NC4CCCCC4)[nH]c(=O)c23)C1. The third-order valence-corrected chi connectivity index (χ3v) is 7.90. The summed E-state index contributed by atoms with van der Waals surface area (Å²) in [6.45, 7) is 6.91. The zero-order valence-corrected chi connectivity index (χ0v) is 18.7. The van der Waals surface area contributed by atoms with Gasteiger partial charge in [-0.15, -0.1) is 11.3 Å². The monoisotopic (exact) mass is 415 g/mol. The van der Waals surface area contributed by atoms with Gasteiger partial charge in [0.05, 0.1) is 5.39 Å². The number of aryl methyl sites for hydroxylation is 2. The number of aromatic nitrogens is 2. The van der Waals surface area contributed by atoms with Crippen molar-refractivity contribution in [3.63, 3.8) is 0 Å². The van der Waals surface area contributed by atoms with Crippen molar-refractivity contribution in [2.75, 3.05) is 0 Å². The van der Waals surface area contributed by atoms with Crippen molar-refractivity contribution in [1.29, 1.82) is 0 Å². The summed E-state index contributed by atoms with van der Waals surface area (Å²) in [6, 6.07) is 0.325. The minimum atomic E-state index is -0.0376. The van der Waals surface area contributed by atoms with Crippen molar-refractivity contribution in [3.05, 3.63) is 26.6 Å². The number of thiophene rings is 1. The van der Waals surface area contributed by atoms with E-state index >= 15 is 0 Å². The van der Waals surface area contributed by atoms with E-state index in [1.165, 1.54) is 29.7 Å². The highest BCUT2D eigenvalue weighted by Gasteiger charge is 2.31. The molecule has 0 bridgehead atoms. The Balaban J connectivity index is 1.46. The number of aromatic amines is 1. The first-order valence-electron chi connectivity index (χ1n) is 11.1. The number of carbonyl (C=O) groups excluding carboxylic acids is 1. The predicted molar refractivity (Wildman–Crippen MR) is 119 cm³/mol. The fraction of sp³-hybridized carbons (Fsp3) is 0.696. The third-order valence-electron chi connectivity index (χ3n) is 6.75. The normalized spacial score (nSPS) is 20.6. The molecule has 1 atom stereocenters. The van der Waals surface area contributed by atoms with Gasteiger partial charge in [0.1, 0.15) is 10.7 Å². The molecule has 0 radical (unpaired) electrons. The van der Waals surface area contributed by atoms with Gasteiger partial charge in [-0.2, -0.15) is 0 Å². The Morgan fingerprint density at radius 2 is 1.97 bits per heavy atom. The zero-order valence-electron chi connectivity index (χ0n) is 17.9. The number of carbonyl (C=O) groups is 1. The van der Waals surface area contributed by atoms with E-state index in [0.717, 1.165) is 42.3 Å². The molecule has 2 aliphatic rings. The van der Waals surface area contributed by atoms with E-state index in [4.69, 9.17) is 4.98 Å². The second kappa shape index (κ2) is 8.21. The Morgan fingerprint density at radius 1 is 1.21 bits per heavy atom. The highest BCUT2D eigenvalue weighted by molar-refractivity contribution is 7.18. The number of nitrogens with zero attached hydrogens (tertiary/aromatic N) is 1. The lowest BCUT2D eigenvalue weighted by atomic mass is 9.72. The van der Waals surface area contributed by atoms with Crippen molar-refractivity contribution >= 4 is 27.5 Å². The average molecular weight is 416 g/mol. The zero-order chi connectivity index (χ0) is 20.6. The molecule has 2 N–H and O–H groups in total. The molecule has 29 heavy (non-hydrogen) atoms. The fourth-order valence-corrected chi connectivity index (χ4v) is 6.18. The van der Waals surface area contributed by atoms with E-state index in [9.17, 15) is 9.59 Å². The Hall–Kier alpha value is -1.69. The molecule has 5 nitrogen and oxygen atoms in total. The largest absolute Gasteiger partial charge is 0.353 e. The molecule has 1 saturated carbocycles. The second-order valence-electron chi connectivity index (χ2n) is 9.90. The standard InChI is InChI=1S/C23H33N3O2S/c1-23(2,3)14-9-10-16-17(13-14)29-22-20(16)21(28)25-18(26-22)11-12-19(27)24-15-7-5-4-6-8-15/h14-15H,4-13H2,1-3H3,(H,24,27)(H,25,26,28)/t14-/m1/s1. The van der Waals surface area contributed by atoms with Crippen LogP contribution >= 0.6 is 11.3 Å². The van der Waals surface area contributed by atoms with Crippen LogP contribution in [0.2, 0.25) is 0 Å². The molecule has 2 aromatic rings. The molecule has 158 valence electrons. The summed E-state index contributed by atoms with van der Waals surface area (Å²) < 4.78 is 0. The van der Waals surface area contributed by atoms with Crippen molar-refractivity contribution in [1.82, 2.24) is 15.3 Å². The molecule has 6 heteroatoms. The fourth-order valence-electron chi connectivity index (χ4n) is 4.86. The quantitative estimate of drug-likeness (QED) is 0.771. The third kappa shape index (κ3) is 4.57. The van der Waals surface area contributed by atoms with Crippen LogP contribution in [0, 0.1) is 11.3 Å². The molecule has 4 rings (SSSR count). The van der Waals surface area contributed by atoms with Crippen molar-refractivity contribution in [2.45, 2.75) is 91.0 Å². The van der Waals surface area contributed by atoms with Crippen LogP contribution in [-0.2, 0) is 24.1 Å². The van der Waals surface area contributed by atoms with Crippen LogP contribution in [0.1, 0.15) is 82.0 Å². The van der Waals surface area contributed by atoms with Gasteiger partial charge in [-0.05, 0) is 49.0 Å². The smallest absolute Gasteiger partial charge is 0.259 e. The number of rotatable bonds is 4. The highest BCUT2D eigenvalue weighted by atomic mass is 32.1. The van der Waals surface area contributed by atoms with E-state index in [1.807, 2.05) is 0 Å². The minimum Gasteiger partial charge on any atom is -0.353 e. The summed E-state index contributed by atoms with van der Waals surface area (Å²) in [5, 5.41) is 3.93. The first-order valence-corrected chi connectivity index (χ1v) is 12.0. The number of nitrogens with one attached hydrogen (secondary N) is 2. The summed E-state index contributed by atoms with van der Waals surface area (Å²) in [5.74, 6) is 1.34. The minimum absolute atomic E-state index is 0.0376. The van der Waals surface area contributed by atoms with Gasteiger partial charge in [0.15, 0.2) is 0 Å². The van der Waals surface area contributed by atoms with E-state index in [0.29, 0.717) is 30.6 Å². The predicted octanol–water partition coefficient (Wildman–Crippen LogP) is 4.52. The van der Waals surface area contributed by atoms with E-state index < -0.39 is 0 Å². The molecule has 0 aromatic carbocycles. The van der Waals surface area contributed by atoms with Gasteiger partial charge in [0.25, 0.3) is 5.56 Å². The average Bonchev–Trinajstić information content (AvgIpc) is 3.04. The van der Waals surface area contributed by atoms with E-state index in [1.54, 1.807) is 11.3 Å². The molecular formula is C23H33N3O2S. The van der Waals surface area contributed by atoms with Crippen LogP contribution in [0.4, 0.5) is 0 Å². The number of hydrogen-bond donors (Lipinski definition) is 2. The maximum absolute atomic E-state index is 12.8. The molecule has 1 amide bonds. The molecule has 0 unspecified atom stereocenters. The Kier molecular flexibility index (Phi) is 5.83. The van der Waals surface area contributed by atoms with E-state index in [-0.39, 0.29) is 16.9 Å². The van der Waals surface area contributed by atoms with Crippen molar-refractivity contribution in [3.8, 4) is 0 Å². The van der Waals surface area contributed by atoms with Crippen LogP contribution in [-0.4, -0.2) is 21.9 Å². The molecule has 0 spiro atoms. The summed E-state index contributed by atoms with van der Waals surface area (Å²) in [5.41, 5.74) is 1.45. The molecule has 0 aliphatic heterocycles. The lowest BCUT2D eigenvalue weighted by Crippen LogP contribution is -2.36. The molecule has 2 aliphatic carbocycles. The number of fused-ring (bicyclic) bond motifs is 3. The van der Waals surface area contributed by atoms with Gasteiger partial charge in [0, 0.05) is 23.8 Å². The Morgan fingerprint density at radius 3 is 2.69 bits per heavy atom. The topological polar surface area (TPSA) is 74.8 Å². The van der Waals surface area contributed by atoms with Gasteiger partial charge in [-0.25, -0.2) is 4.98 Å². The van der Waals surface area contributed by atoms with Gasteiger partial charge < -0.3 is 10.3 Å². The van der Waals surface area contributed by atoms with Crippen LogP contribution in [0.25, 0.3) is 10.2 Å². The number of hydrogen-bond acceptors (Lipinski definition) is 4. The molecule has 2 heterocycles. The van der Waals surface area contributed by atoms with Crippen LogP contribution < -0.4 is 10.9 Å². The first kappa shape index (κ1) is 20.6. The number of H-pyrrole nitrogens is 1. The maximum atomic E-state index is 12.8. The highest BCUT2D eigenvalue weighted by Crippen LogP contribution is 2.41. The van der Waals surface area contributed by atoms with Gasteiger partial charge in [-0.3, -0.25) is 9.59 Å². The van der Waals surface area contributed by atoms with Crippen LogP contribution in [0.3, 0.4) is 0 Å². The van der Waals surface area contributed by atoms with Crippen LogP contribution in [0.5, 0.6) is 0 Å². The first-order chi connectivity index (χ1) is 13.8. The Labute approximate surface area is 176 Å². The summed E-state index contributed by atoms with van der Waals surface area (Å²) >= 11 is 1.68. The maximum Gasteiger partial charge on any atom is 0.259 e. The van der Waals surface area contributed by atoms with Gasteiger partial charge >= 0.3 is 0 Å². The van der Waals surface area contributed by atoms with Gasteiger partial charge in [-0.1, -0.05) is 40.0 Å². The lowest BCUT2D eigenvalue weighted by Gasteiger charge is -2.33. The van der Waals surface area contributed by atoms with Crippen molar-refractivity contribution < 1.29 is 4.79 Å².